The van der Waals surface area contributed by atoms with Crippen molar-refractivity contribution < 1.29 is 17.0 Å². The molecule has 0 saturated heterocycles. The summed E-state index contributed by atoms with van der Waals surface area (Å²) in [6.07, 6.45) is 4.53. The molecule has 0 fully saturated rings. The molecule has 0 saturated carbocycles. The van der Waals surface area contributed by atoms with Gasteiger partial charge in [0.25, 0.3) is 0 Å². The van der Waals surface area contributed by atoms with E-state index in [1.54, 1.807) is 0 Å². The first-order chi connectivity index (χ1) is 9.63. The Morgan fingerprint density at radius 1 is 0.850 bits per heavy atom. The Bertz CT molecular complexity index is 612. The Morgan fingerprint density at radius 3 is 1.95 bits per heavy atom. The molecule has 0 unspecified atom stereocenters. The van der Waals surface area contributed by atoms with Gasteiger partial charge in [-0.3, -0.25) is 0 Å². The van der Waals surface area contributed by atoms with Crippen molar-refractivity contribution in [1.82, 2.24) is 0 Å². The summed E-state index contributed by atoms with van der Waals surface area (Å²) < 4.78 is 0. The van der Waals surface area contributed by atoms with Crippen LogP contribution < -0.4 is 0 Å². The zero-order chi connectivity index (χ0) is 14.5. The number of hydrogen-bond acceptors (Lipinski definition) is 0. The quantitative estimate of drug-likeness (QED) is 0.578. The average molecular weight is 338 g/mol. The van der Waals surface area contributed by atoms with Gasteiger partial charge in [-0.15, -0.1) is 0 Å². The fourth-order valence-corrected chi connectivity index (χ4v) is 2.46. The third-order valence-electron chi connectivity index (χ3n) is 3.17. The zero-order valence-electron chi connectivity index (χ0n) is 11.5. The minimum atomic E-state index is -0.556. The van der Waals surface area contributed by atoms with E-state index in [1.165, 1.54) is 33.4 Å². The molecular weight excluding hydrogens is 323 g/mol. The Labute approximate surface area is 137 Å². The van der Waals surface area contributed by atoms with Crippen LogP contribution in [0.4, 0.5) is 0 Å². The van der Waals surface area contributed by atoms with E-state index in [9.17, 15) is 0 Å². The van der Waals surface area contributed by atoms with E-state index in [2.05, 4.69) is 68.8 Å². The predicted molar refractivity (Wildman–Crippen MR) is 85.3 cm³/mol. The van der Waals surface area contributed by atoms with E-state index < -0.39 is 17.0 Å². The van der Waals surface area contributed by atoms with Gasteiger partial charge in [-0.25, -0.2) is 0 Å². The third-order valence-corrected chi connectivity index (χ3v) is 3.17. The van der Waals surface area contributed by atoms with E-state index in [1.807, 2.05) is 0 Å². The van der Waals surface area contributed by atoms with Crippen LogP contribution in [-0.2, 0) is 17.0 Å². The summed E-state index contributed by atoms with van der Waals surface area (Å²) in [6.45, 7) is 4.30. The molecule has 0 amide bonds. The standard InChI is InChI=1S/C17H15.2ClH.Ti/c1-12-7-13(2)9-16(8-12)17-10-14-5-3-4-6-15(14)11-17;;;/h3-11H,1-2H3;2*1H;/q;;;+2/p-2. The molecule has 1 aliphatic rings. The maximum atomic E-state index is 4.89. The van der Waals surface area contributed by atoms with Gasteiger partial charge in [0.2, 0.25) is 0 Å². The molecule has 0 aliphatic heterocycles. The molecule has 101 valence electrons. The molecule has 0 aromatic heterocycles. The van der Waals surface area contributed by atoms with Crippen LogP contribution >= 0.6 is 18.6 Å². The second-order valence-electron chi connectivity index (χ2n) is 4.82. The van der Waals surface area contributed by atoms with E-state index in [0.29, 0.717) is 0 Å². The topological polar surface area (TPSA) is 0 Å². The van der Waals surface area contributed by atoms with Gasteiger partial charge in [0, 0.05) is 6.42 Å². The molecule has 1 aliphatic carbocycles. The molecule has 20 heavy (non-hydrogen) atoms. The molecule has 3 heteroatoms. The second kappa shape index (κ2) is 7.47. The van der Waals surface area contributed by atoms with Crippen LogP contribution in [0.15, 0.2) is 42.5 Å². The number of benzene rings is 2. The summed E-state index contributed by atoms with van der Waals surface area (Å²) in [6, 6.07) is 15.2. The molecule has 0 spiro atoms. The Kier molecular flexibility index (Phi) is 5.92. The molecule has 2 aromatic carbocycles. The summed E-state index contributed by atoms with van der Waals surface area (Å²) in [5.41, 5.74) is 7.93. The van der Waals surface area contributed by atoms with Crippen molar-refractivity contribution in [2.45, 2.75) is 13.8 Å². The van der Waals surface area contributed by atoms with Crippen molar-refractivity contribution >= 4 is 30.3 Å². The molecule has 0 N–H and O–H groups in total. The normalized spacial score (nSPS) is 12.1. The van der Waals surface area contributed by atoms with Crippen molar-refractivity contribution in [3.8, 4) is 0 Å². The van der Waals surface area contributed by atoms with Crippen LogP contribution in [0.1, 0.15) is 27.8 Å². The van der Waals surface area contributed by atoms with Crippen LogP contribution in [-0.4, -0.2) is 0 Å². The van der Waals surface area contributed by atoms with Crippen molar-refractivity contribution in [1.29, 1.82) is 0 Å². The van der Waals surface area contributed by atoms with Gasteiger partial charge >= 0.3 is 35.6 Å². The maximum absolute atomic E-state index is 4.89. The molecule has 3 rings (SSSR count). The molecular formula is C17H15Cl2Ti. The second-order valence-corrected chi connectivity index (χ2v) is 7.40. The SMILES string of the molecule is Cc1cc(C)cc(C2=Cc3ccccc3[CH]2)c1.[Cl][Ti][Cl]. The van der Waals surface area contributed by atoms with Gasteiger partial charge in [-0.2, -0.15) is 0 Å². The Balaban J connectivity index is 0.000000452. The minimum absolute atomic E-state index is 0.556. The monoisotopic (exact) mass is 337 g/mol. The van der Waals surface area contributed by atoms with Crippen LogP contribution in [0, 0.1) is 20.3 Å². The summed E-state index contributed by atoms with van der Waals surface area (Å²) >= 11 is -0.556. The summed E-state index contributed by atoms with van der Waals surface area (Å²) in [4.78, 5) is 0. The molecule has 2 aromatic rings. The Morgan fingerprint density at radius 2 is 1.40 bits per heavy atom. The first kappa shape index (κ1) is 15.9. The van der Waals surface area contributed by atoms with Crippen molar-refractivity contribution in [2.75, 3.05) is 0 Å². The first-order valence-corrected chi connectivity index (χ1v) is 10.6. The van der Waals surface area contributed by atoms with Gasteiger partial charge in [-0.1, -0.05) is 59.7 Å². The molecule has 0 bridgehead atoms. The number of allylic oxidation sites excluding steroid dienone is 1. The number of fused-ring (bicyclic) bond motifs is 1. The fraction of sp³-hybridized carbons (Fsp3) is 0.118. The first-order valence-electron chi connectivity index (χ1n) is 6.34. The zero-order valence-corrected chi connectivity index (χ0v) is 14.5. The molecule has 1 radical (unpaired) electrons. The average Bonchev–Trinajstić information content (AvgIpc) is 2.82. The van der Waals surface area contributed by atoms with Gasteiger partial charge in [0.1, 0.15) is 0 Å². The fourth-order valence-electron chi connectivity index (χ4n) is 2.46. The van der Waals surface area contributed by atoms with Crippen molar-refractivity contribution in [2.24, 2.45) is 0 Å². The predicted octanol–water partition coefficient (Wildman–Crippen LogP) is 5.79. The molecule has 0 nitrogen and oxygen atoms in total. The van der Waals surface area contributed by atoms with E-state index >= 15 is 0 Å². The number of halogens is 2. The van der Waals surface area contributed by atoms with E-state index in [-0.39, 0.29) is 0 Å². The van der Waals surface area contributed by atoms with Gasteiger partial charge in [0.05, 0.1) is 0 Å². The third kappa shape index (κ3) is 3.99. The van der Waals surface area contributed by atoms with E-state index in [4.69, 9.17) is 18.6 Å². The van der Waals surface area contributed by atoms with Crippen LogP contribution in [0.25, 0.3) is 11.6 Å². The van der Waals surface area contributed by atoms with Crippen molar-refractivity contribution in [3.05, 3.63) is 76.7 Å². The molecule has 0 atom stereocenters. The van der Waals surface area contributed by atoms with Gasteiger partial charge in [-0.05, 0) is 36.1 Å². The summed E-state index contributed by atoms with van der Waals surface area (Å²) in [5.74, 6) is 0. The summed E-state index contributed by atoms with van der Waals surface area (Å²) in [5, 5.41) is 0. The van der Waals surface area contributed by atoms with Gasteiger partial charge in [0.15, 0.2) is 0 Å². The van der Waals surface area contributed by atoms with Crippen LogP contribution in [0.3, 0.4) is 0 Å². The number of rotatable bonds is 1. The number of hydrogen-bond donors (Lipinski definition) is 0. The van der Waals surface area contributed by atoms with E-state index in [0.717, 1.165) is 0 Å². The number of aryl methyl sites for hydroxylation is 2. The van der Waals surface area contributed by atoms with Crippen LogP contribution in [0.5, 0.6) is 0 Å². The van der Waals surface area contributed by atoms with Crippen LogP contribution in [0.2, 0.25) is 0 Å². The van der Waals surface area contributed by atoms with Crippen molar-refractivity contribution in [3.63, 3.8) is 0 Å². The van der Waals surface area contributed by atoms with Gasteiger partial charge < -0.3 is 0 Å². The Hall–Kier alpha value is -0.526. The molecule has 0 heterocycles. The summed E-state index contributed by atoms with van der Waals surface area (Å²) in [7, 11) is 9.78.